The number of carbonyl (C=O) groups is 2. The predicted molar refractivity (Wildman–Crippen MR) is 111 cm³/mol. The molecule has 5 nitrogen and oxygen atoms in total. The van der Waals surface area contributed by atoms with Crippen LogP contribution in [-0.4, -0.2) is 35.0 Å². The molecule has 1 atom stereocenters. The van der Waals surface area contributed by atoms with E-state index in [1.807, 2.05) is 0 Å². The quantitative estimate of drug-likeness (QED) is 0.653. The third-order valence-electron chi connectivity index (χ3n) is 4.33. The third kappa shape index (κ3) is 6.30. The molecule has 0 aromatic heterocycles. The van der Waals surface area contributed by atoms with Crippen LogP contribution in [0.3, 0.4) is 0 Å². The van der Waals surface area contributed by atoms with Crippen molar-refractivity contribution in [2.75, 3.05) is 18.9 Å². The first kappa shape index (κ1) is 21.8. The Kier molecular flexibility index (Phi) is 8.39. The maximum absolute atomic E-state index is 12.2. The van der Waals surface area contributed by atoms with Gasteiger partial charge in [-0.2, -0.15) is 0 Å². The van der Waals surface area contributed by atoms with Crippen molar-refractivity contribution in [1.82, 2.24) is 5.32 Å². The highest BCUT2D eigenvalue weighted by Crippen LogP contribution is 2.16. The molecule has 0 fully saturated rings. The lowest BCUT2D eigenvalue weighted by Crippen LogP contribution is -2.30. The van der Waals surface area contributed by atoms with Crippen LogP contribution in [0.4, 0.5) is 0 Å². The SMILES string of the molecule is CC[S@@](=O)c1ccccc1C(=O)OCC(=O)NCCc1ccc(C(C)C)cc1. The summed E-state index contributed by atoms with van der Waals surface area (Å²) in [4.78, 5) is 24.6. The van der Waals surface area contributed by atoms with Gasteiger partial charge in [0.25, 0.3) is 5.91 Å². The third-order valence-corrected chi connectivity index (χ3v) is 5.70. The molecule has 2 aromatic rings. The lowest BCUT2D eigenvalue weighted by Gasteiger charge is -2.10. The minimum Gasteiger partial charge on any atom is -0.452 e. The number of carbonyl (C=O) groups excluding carboxylic acids is 2. The van der Waals surface area contributed by atoms with Gasteiger partial charge in [0, 0.05) is 12.3 Å². The summed E-state index contributed by atoms with van der Waals surface area (Å²) >= 11 is 0. The molecule has 0 aliphatic heterocycles. The van der Waals surface area contributed by atoms with E-state index in [1.54, 1.807) is 31.2 Å². The fraction of sp³-hybridized carbons (Fsp3) is 0.364. The first-order valence-corrected chi connectivity index (χ1v) is 10.7. The van der Waals surface area contributed by atoms with E-state index in [0.29, 0.717) is 29.5 Å². The van der Waals surface area contributed by atoms with Crippen LogP contribution in [0.15, 0.2) is 53.4 Å². The highest BCUT2D eigenvalue weighted by Gasteiger charge is 2.17. The zero-order chi connectivity index (χ0) is 20.5. The Bertz CT molecular complexity index is 831. The Hall–Kier alpha value is -2.47. The second kappa shape index (κ2) is 10.8. The molecule has 150 valence electrons. The van der Waals surface area contributed by atoms with Crippen molar-refractivity contribution in [3.8, 4) is 0 Å². The Morgan fingerprint density at radius 2 is 1.75 bits per heavy atom. The summed E-state index contributed by atoms with van der Waals surface area (Å²) in [6.45, 7) is 6.18. The number of hydrogen-bond donors (Lipinski definition) is 1. The molecule has 0 saturated heterocycles. The van der Waals surface area contributed by atoms with Gasteiger partial charge in [0.1, 0.15) is 0 Å². The first-order chi connectivity index (χ1) is 13.4. The average molecular weight is 402 g/mol. The van der Waals surface area contributed by atoms with E-state index < -0.39 is 16.8 Å². The van der Waals surface area contributed by atoms with Crippen molar-refractivity contribution in [3.63, 3.8) is 0 Å². The zero-order valence-corrected chi connectivity index (χ0v) is 17.4. The number of nitrogens with one attached hydrogen (secondary N) is 1. The van der Waals surface area contributed by atoms with Crippen LogP contribution in [0.25, 0.3) is 0 Å². The highest BCUT2D eigenvalue weighted by molar-refractivity contribution is 7.85. The normalized spacial score (nSPS) is 11.9. The minimum absolute atomic E-state index is 0.237. The molecule has 0 spiro atoms. The average Bonchev–Trinajstić information content (AvgIpc) is 2.71. The van der Waals surface area contributed by atoms with E-state index in [2.05, 4.69) is 43.4 Å². The van der Waals surface area contributed by atoms with Gasteiger partial charge in [0.05, 0.1) is 21.3 Å². The monoisotopic (exact) mass is 401 g/mol. The summed E-state index contributed by atoms with van der Waals surface area (Å²) in [6.07, 6.45) is 0.705. The van der Waals surface area contributed by atoms with Gasteiger partial charge in [-0.25, -0.2) is 4.79 Å². The van der Waals surface area contributed by atoms with Gasteiger partial charge in [-0.15, -0.1) is 0 Å². The zero-order valence-electron chi connectivity index (χ0n) is 16.6. The van der Waals surface area contributed by atoms with Crippen molar-refractivity contribution >= 4 is 22.7 Å². The number of hydrogen-bond acceptors (Lipinski definition) is 4. The molecule has 0 unspecified atom stereocenters. The van der Waals surface area contributed by atoms with E-state index in [9.17, 15) is 13.8 Å². The molecule has 0 aliphatic rings. The van der Waals surface area contributed by atoms with E-state index in [1.165, 1.54) is 5.56 Å². The standard InChI is InChI=1S/C22H27NO4S/c1-4-28(26)20-8-6-5-7-19(20)22(25)27-15-21(24)23-14-13-17-9-11-18(12-10-17)16(2)3/h5-12,16H,4,13-15H2,1-3H3,(H,23,24)/t28-/m1/s1. The van der Waals surface area contributed by atoms with Crippen LogP contribution in [-0.2, 0) is 26.8 Å². The molecule has 6 heteroatoms. The second-order valence-electron chi connectivity index (χ2n) is 6.70. The molecule has 0 radical (unpaired) electrons. The number of rotatable bonds is 9. The molecular formula is C22H27NO4S. The predicted octanol–water partition coefficient (Wildman–Crippen LogP) is 3.45. The lowest BCUT2D eigenvalue weighted by atomic mass is 10.0. The summed E-state index contributed by atoms with van der Waals surface area (Å²) in [7, 11) is -1.27. The van der Waals surface area contributed by atoms with E-state index in [4.69, 9.17) is 4.74 Å². The molecule has 0 saturated carbocycles. The van der Waals surface area contributed by atoms with Gasteiger partial charge in [-0.05, 0) is 35.6 Å². The number of benzene rings is 2. The molecular weight excluding hydrogens is 374 g/mol. The highest BCUT2D eigenvalue weighted by atomic mass is 32.2. The number of amides is 1. The number of ether oxygens (including phenoxy) is 1. The van der Waals surface area contributed by atoms with Crippen molar-refractivity contribution in [2.24, 2.45) is 0 Å². The van der Waals surface area contributed by atoms with Crippen molar-refractivity contribution in [2.45, 2.75) is 38.0 Å². The summed E-state index contributed by atoms with van der Waals surface area (Å²) < 4.78 is 17.1. The van der Waals surface area contributed by atoms with Crippen LogP contribution >= 0.6 is 0 Å². The minimum atomic E-state index is -1.27. The lowest BCUT2D eigenvalue weighted by molar-refractivity contribution is -0.124. The molecule has 28 heavy (non-hydrogen) atoms. The van der Waals surface area contributed by atoms with Crippen molar-refractivity contribution in [1.29, 1.82) is 0 Å². The van der Waals surface area contributed by atoms with E-state index in [-0.39, 0.29) is 18.1 Å². The Morgan fingerprint density at radius 3 is 2.39 bits per heavy atom. The Labute approximate surface area is 168 Å². The van der Waals surface area contributed by atoms with E-state index >= 15 is 0 Å². The van der Waals surface area contributed by atoms with Crippen LogP contribution < -0.4 is 5.32 Å². The van der Waals surface area contributed by atoms with Crippen LogP contribution in [0.1, 0.15) is 48.2 Å². The Morgan fingerprint density at radius 1 is 1.07 bits per heavy atom. The van der Waals surface area contributed by atoms with Gasteiger partial charge in [0.15, 0.2) is 6.61 Å². The smallest absolute Gasteiger partial charge is 0.339 e. The summed E-state index contributed by atoms with van der Waals surface area (Å²) in [6, 6.07) is 14.9. The fourth-order valence-electron chi connectivity index (χ4n) is 2.66. The molecule has 0 bridgehead atoms. The van der Waals surface area contributed by atoms with Gasteiger partial charge in [-0.3, -0.25) is 9.00 Å². The summed E-state index contributed by atoms with van der Waals surface area (Å²) in [5.41, 5.74) is 2.65. The molecule has 1 N–H and O–H groups in total. The largest absolute Gasteiger partial charge is 0.452 e. The van der Waals surface area contributed by atoms with Crippen LogP contribution in [0.2, 0.25) is 0 Å². The van der Waals surface area contributed by atoms with Crippen molar-refractivity contribution < 1.29 is 18.5 Å². The Balaban J connectivity index is 1.79. The summed E-state index contributed by atoms with van der Waals surface area (Å²) in [5.74, 6) is -0.107. The molecule has 0 aliphatic carbocycles. The molecule has 2 aromatic carbocycles. The summed E-state index contributed by atoms with van der Waals surface area (Å²) in [5, 5.41) is 2.75. The number of esters is 1. The van der Waals surface area contributed by atoms with Crippen LogP contribution in [0.5, 0.6) is 0 Å². The van der Waals surface area contributed by atoms with Gasteiger partial charge in [-0.1, -0.05) is 57.2 Å². The van der Waals surface area contributed by atoms with Crippen LogP contribution in [0, 0.1) is 0 Å². The molecule has 1 amide bonds. The topological polar surface area (TPSA) is 72.5 Å². The first-order valence-electron chi connectivity index (χ1n) is 9.42. The second-order valence-corrected chi connectivity index (χ2v) is 8.41. The van der Waals surface area contributed by atoms with E-state index in [0.717, 1.165) is 5.56 Å². The maximum atomic E-state index is 12.2. The fourth-order valence-corrected chi connectivity index (χ4v) is 3.60. The van der Waals surface area contributed by atoms with Gasteiger partial charge >= 0.3 is 5.97 Å². The van der Waals surface area contributed by atoms with Gasteiger partial charge in [0.2, 0.25) is 0 Å². The maximum Gasteiger partial charge on any atom is 0.339 e. The van der Waals surface area contributed by atoms with Crippen molar-refractivity contribution in [3.05, 3.63) is 65.2 Å². The van der Waals surface area contributed by atoms with Gasteiger partial charge < -0.3 is 10.1 Å². The molecule has 0 heterocycles. The molecule has 2 rings (SSSR count).